The van der Waals surface area contributed by atoms with Crippen molar-refractivity contribution in [3.8, 4) is 0 Å². The molecule has 78 valence electrons. The van der Waals surface area contributed by atoms with E-state index in [-0.39, 0.29) is 17.0 Å². The summed E-state index contributed by atoms with van der Waals surface area (Å²) in [6.07, 6.45) is 3.88. The number of hydrogen-bond acceptors (Lipinski definition) is 2. The van der Waals surface area contributed by atoms with Gasteiger partial charge in [0.25, 0.3) is 0 Å². The van der Waals surface area contributed by atoms with Crippen LogP contribution in [-0.4, -0.2) is 28.6 Å². The van der Waals surface area contributed by atoms with Crippen molar-refractivity contribution >= 4 is 27.7 Å². The Morgan fingerprint density at radius 1 is 1.33 bits per heavy atom. The second-order valence-corrected chi connectivity index (χ2v) is 5.24. The van der Waals surface area contributed by atoms with Gasteiger partial charge in [-0.1, -0.05) is 46.3 Å². The van der Waals surface area contributed by atoms with Crippen molar-refractivity contribution in [1.82, 2.24) is 0 Å². The first kappa shape index (κ1) is 9.43. The Bertz CT molecular complexity index is 418. The maximum Gasteiger partial charge on any atom is 0.0921 e. The Morgan fingerprint density at radius 3 is 3.00 bits per heavy atom. The van der Waals surface area contributed by atoms with Gasteiger partial charge in [0.2, 0.25) is 0 Å². The van der Waals surface area contributed by atoms with E-state index < -0.39 is 0 Å². The molecule has 0 amide bonds. The van der Waals surface area contributed by atoms with Gasteiger partial charge in [0, 0.05) is 12.2 Å². The number of nitrogens with zero attached hydrogens (tertiary/aromatic N) is 1. The summed E-state index contributed by atoms with van der Waals surface area (Å²) in [6, 6.07) is 8.44. The summed E-state index contributed by atoms with van der Waals surface area (Å²) in [7, 11) is 0. The van der Waals surface area contributed by atoms with Crippen LogP contribution in [0, 0.1) is 0 Å². The molecule has 3 heteroatoms. The third-order valence-corrected chi connectivity index (χ3v) is 4.00. The highest BCUT2D eigenvalue weighted by Gasteiger charge is 2.39. The fourth-order valence-corrected chi connectivity index (χ4v) is 3.01. The molecule has 1 aromatic rings. The first-order valence-corrected chi connectivity index (χ1v) is 6.05. The highest BCUT2D eigenvalue weighted by Crippen LogP contribution is 2.36. The summed E-state index contributed by atoms with van der Waals surface area (Å²) in [5.74, 6) is 0. The average molecular weight is 266 g/mol. The molecule has 1 saturated heterocycles. The van der Waals surface area contributed by atoms with E-state index in [1.165, 1.54) is 11.3 Å². The van der Waals surface area contributed by atoms with Gasteiger partial charge in [-0.2, -0.15) is 0 Å². The van der Waals surface area contributed by atoms with Crippen LogP contribution in [0.15, 0.2) is 30.3 Å². The summed E-state index contributed by atoms with van der Waals surface area (Å²) in [5, 5.41) is 9.98. The summed E-state index contributed by atoms with van der Waals surface area (Å²) < 4.78 is 0. The Hall–Kier alpha value is -0.800. The van der Waals surface area contributed by atoms with Gasteiger partial charge in [-0.15, -0.1) is 0 Å². The van der Waals surface area contributed by atoms with E-state index in [4.69, 9.17) is 0 Å². The third-order valence-electron chi connectivity index (χ3n) is 3.17. The zero-order valence-corrected chi connectivity index (χ0v) is 9.76. The van der Waals surface area contributed by atoms with Crippen LogP contribution in [0.3, 0.4) is 0 Å². The number of benzene rings is 1. The van der Waals surface area contributed by atoms with E-state index in [0.29, 0.717) is 0 Å². The minimum absolute atomic E-state index is 0.129. The number of alkyl halides is 1. The Balaban J connectivity index is 2.07. The second-order valence-electron chi connectivity index (χ2n) is 4.07. The van der Waals surface area contributed by atoms with Gasteiger partial charge in [0.1, 0.15) is 0 Å². The van der Waals surface area contributed by atoms with Gasteiger partial charge in [0.05, 0.1) is 17.0 Å². The van der Waals surface area contributed by atoms with Gasteiger partial charge < -0.3 is 10.0 Å². The molecular weight excluding hydrogens is 254 g/mol. The molecule has 3 rings (SSSR count). The monoisotopic (exact) mass is 265 g/mol. The number of aliphatic hydroxyl groups is 1. The number of anilines is 1. The Labute approximate surface area is 97.3 Å². The van der Waals surface area contributed by atoms with E-state index in [1.807, 2.05) is 12.1 Å². The van der Waals surface area contributed by atoms with Gasteiger partial charge in [-0.3, -0.25) is 0 Å². The van der Waals surface area contributed by atoms with E-state index in [0.717, 1.165) is 6.54 Å². The van der Waals surface area contributed by atoms with Crippen LogP contribution in [0.4, 0.5) is 5.69 Å². The summed E-state index contributed by atoms with van der Waals surface area (Å²) in [6.45, 7) is 0.868. The highest BCUT2D eigenvalue weighted by atomic mass is 79.9. The van der Waals surface area contributed by atoms with Crippen molar-refractivity contribution in [3.63, 3.8) is 0 Å². The minimum Gasteiger partial charge on any atom is -0.389 e. The molecule has 0 radical (unpaired) electrons. The maximum absolute atomic E-state index is 9.98. The molecule has 2 heterocycles. The lowest BCUT2D eigenvalue weighted by Crippen LogP contribution is -2.35. The van der Waals surface area contributed by atoms with Crippen molar-refractivity contribution in [2.24, 2.45) is 0 Å². The molecular formula is C12H12BrNO. The maximum atomic E-state index is 9.98. The van der Waals surface area contributed by atoms with Crippen LogP contribution in [-0.2, 0) is 0 Å². The van der Waals surface area contributed by atoms with Crippen molar-refractivity contribution in [2.75, 3.05) is 11.4 Å². The van der Waals surface area contributed by atoms with Crippen LogP contribution < -0.4 is 4.90 Å². The molecule has 2 aliphatic rings. The number of hydrogen-bond donors (Lipinski definition) is 1. The van der Waals surface area contributed by atoms with Gasteiger partial charge in [-0.05, 0) is 11.6 Å². The van der Waals surface area contributed by atoms with Crippen LogP contribution in [0.5, 0.6) is 0 Å². The van der Waals surface area contributed by atoms with Crippen molar-refractivity contribution < 1.29 is 5.11 Å². The van der Waals surface area contributed by atoms with Gasteiger partial charge in [-0.25, -0.2) is 0 Å². The topological polar surface area (TPSA) is 23.5 Å². The molecule has 0 bridgehead atoms. The van der Waals surface area contributed by atoms with Gasteiger partial charge >= 0.3 is 0 Å². The number of fused-ring (bicyclic) bond motifs is 3. The van der Waals surface area contributed by atoms with E-state index in [2.05, 4.69) is 45.1 Å². The fraction of sp³-hybridized carbons (Fsp3) is 0.333. The van der Waals surface area contributed by atoms with Crippen LogP contribution >= 0.6 is 15.9 Å². The molecule has 0 aliphatic carbocycles. The quantitative estimate of drug-likeness (QED) is 0.726. The van der Waals surface area contributed by atoms with Crippen molar-refractivity contribution in [1.29, 1.82) is 0 Å². The van der Waals surface area contributed by atoms with Gasteiger partial charge in [0.15, 0.2) is 0 Å². The van der Waals surface area contributed by atoms with Crippen molar-refractivity contribution in [3.05, 3.63) is 35.9 Å². The molecule has 15 heavy (non-hydrogen) atoms. The largest absolute Gasteiger partial charge is 0.389 e. The predicted octanol–water partition coefficient (Wildman–Crippen LogP) is 2.03. The summed E-state index contributed by atoms with van der Waals surface area (Å²) in [4.78, 5) is 2.43. The normalized spacial score (nSPS) is 32.7. The zero-order chi connectivity index (χ0) is 10.4. The molecule has 1 aromatic carbocycles. The summed E-state index contributed by atoms with van der Waals surface area (Å²) in [5.41, 5.74) is 2.47. The first-order chi connectivity index (χ1) is 7.27. The molecule has 1 unspecified atom stereocenters. The van der Waals surface area contributed by atoms with Crippen molar-refractivity contribution in [2.45, 2.75) is 17.0 Å². The standard InChI is InChI=1S/C12H12BrNO/c13-9-7-14-10-4-2-1-3-8(10)5-6-11(14)12(9)15/h1-6,9,11-12,15H,7H2/t9-,11?,12+/m0/s1. The molecule has 1 fully saturated rings. The molecule has 0 aromatic heterocycles. The minimum atomic E-state index is -0.311. The summed E-state index contributed by atoms with van der Waals surface area (Å²) >= 11 is 3.52. The van der Waals surface area contributed by atoms with E-state index >= 15 is 0 Å². The SMILES string of the molecule is O[C@H]1C2C=Cc3ccccc3N2C[C@@H]1Br. The molecule has 0 spiro atoms. The second kappa shape index (κ2) is 3.35. The lowest BCUT2D eigenvalue weighted by molar-refractivity contribution is 0.185. The average Bonchev–Trinajstić information content (AvgIpc) is 2.56. The number of aliphatic hydroxyl groups excluding tert-OH is 1. The van der Waals surface area contributed by atoms with Crippen LogP contribution in [0.2, 0.25) is 0 Å². The fourth-order valence-electron chi connectivity index (χ4n) is 2.38. The number of para-hydroxylation sites is 1. The molecule has 1 N–H and O–H groups in total. The lowest BCUT2D eigenvalue weighted by Gasteiger charge is -2.30. The first-order valence-electron chi connectivity index (χ1n) is 5.13. The third kappa shape index (κ3) is 1.34. The molecule has 3 atom stereocenters. The zero-order valence-electron chi connectivity index (χ0n) is 8.18. The number of halogens is 1. The molecule has 2 aliphatic heterocycles. The predicted molar refractivity (Wildman–Crippen MR) is 65.3 cm³/mol. The Kier molecular flexibility index (Phi) is 2.11. The Morgan fingerprint density at radius 2 is 2.13 bits per heavy atom. The molecule has 2 nitrogen and oxygen atoms in total. The number of rotatable bonds is 0. The smallest absolute Gasteiger partial charge is 0.0921 e. The van der Waals surface area contributed by atoms with E-state index in [9.17, 15) is 5.11 Å². The lowest BCUT2D eigenvalue weighted by atomic mass is 10.0. The van der Waals surface area contributed by atoms with E-state index in [1.54, 1.807) is 0 Å². The van der Waals surface area contributed by atoms with Crippen LogP contribution in [0.25, 0.3) is 6.08 Å². The van der Waals surface area contributed by atoms with Crippen LogP contribution in [0.1, 0.15) is 5.56 Å². The highest BCUT2D eigenvalue weighted by molar-refractivity contribution is 9.09. The molecule has 0 saturated carbocycles.